The van der Waals surface area contributed by atoms with E-state index in [1.165, 1.54) is 49.0 Å². The fourth-order valence-electron chi connectivity index (χ4n) is 5.46. The molecule has 0 saturated carbocycles. The quantitative estimate of drug-likeness (QED) is 0.209. The van der Waals surface area contributed by atoms with Crippen molar-refractivity contribution in [2.75, 3.05) is 0 Å². The van der Waals surface area contributed by atoms with Crippen molar-refractivity contribution in [1.29, 1.82) is 0 Å². The minimum atomic E-state index is -2.00. The minimum absolute atomic E-state index is 1.31. The van der Waals surface area contributed by atoms with E-state index in [1.807, 2.05) is 0 Å². The van der Waals surface area contributed by atoms with Crippen LogP contribution in [0.3, 0.4) is 0 Å². The third-order valence-corrected chi connectivity index (χ3v) is 10.4. The van der Waals surface area contributed by atoms with E-state index in [-0.39, 0.29) is 0 Å². The van der Waals surface area contributed by atoms with Crippen molar-refractivity contribution in [2.24, 2.45) is 0 Å². The van der Waals surface area contributed by atoms with E-state index < -0.39 is 8.07 Å². The van der Waals surface area contributed by atoms with Crippen molar-refractivity contribution in [1.82, 2.24) is 0 Å². The molecule has 0 atom stereocenters. The smallest absolute Gasteiger partial charge is 0.0622 e. The Balaban J connectivity index is 1.84. The normalized spacial score (nSPS) is 14.9. The maximum Gasteiger partial charge on any atom is 0.114 e. The molecule has 148 valence electrons. The summed E-state index contributed by atoms with van der Waals surface area (Å²) in [5, 5.41) is 8.62. The van der Waals surface area contributed by atoms with Gasteiger partial charge in [0.15, 0.2) is 0 Å². The van der Waals surface area contributed by atoms with Crippen molar-refractivity contribution >= 4 is 45.6 Å². The standard InChI is InChI=1S/C30H24Si/c1-31(2)27-20-23-16-9-10-17-24(23)25-18-11-19-26(29(25)27)28(21-12-5-3-6-13-21)30(31)22-14-7-4-8-15-22/h3-20H,1-2H3. The van der Waals surface area contributed by atoms with Crippen molar-refractivity contribution in [3.05, 3.63) is 126 Å². The Hall–Kier alpha value is -3.42. The zero-order valence-electron chi connectivity index (χ0n) is 17.9. The molecule has 0 aliphatic carbocycles. The molecule has 0 spiro atoms. The van der Waals surface area contributed by atoms with Gasteiger partial charge in [-0.15, -0.1) is 0 Å². The first-order valence-corrected chi connectivity index (χ1v) is 14.0. The van der Waals surface area contributed by atoms with Gasteiger partial charge in [0.25, 0.3) is 0 Å². The zero-order valence-corrected chi connectivity index (χ0v) is 18.9. The van der Waals surface area contributed by atoms with Gasteiger partial charge in [0.1, 0.15) is 8.07 Å². The van der Waals surface area contributed by atoms with Crippen LogP contribution in [0, 0.1) is 0 Å². The number of rotatable bonds is 2. The molecule has 1 heteroatoms. The molecule has 6 rings (SSSR count). The lowest BCUT2D eigenvalue weighted by Crippen LogP contribution is -2.46. The lowest BCUT2D eigenvalue weighted by molar-refractivity contribution is 1.55. The van der Waals surface area contributed by atoms with E-state index in [2.05, 4.69) is 122 Å². The van der Waals surface area contributed by atoms with E-state index in [9.17, 15) is 0 Å². The first-order valence-electron chi connectivity index (χ1n) is 11.0. The Bertz CT molecular complexity index is 1480. The van der Waals surface area contributed by atoms with Crippen LogP contribution in [0.15, 0.2) is 109 Å². The molecule has 0 aromatic heterocycles. The van der Waals surface area contributed by atoms with Gasteiger partial charge in [-0.25, -0.2) is 0 Å². The molecular formula is C30H24Si. The Morgan fingerprint density at radius 3 is 1.90 bits per heavy atom. The van der Waals surface area contributed by atoms with Gasteiger partial charge in [0.05, 0.1) is 0 Å². The monoisotopic (exact) mass is 412 g/mol. The van der Waals surface area contributed by atoms with E-state index in [1.54, 1.807) is 5.19 Å². The average Bonchev–Trinajstić information content (AvgIpc) is 2.82. The first-order chi connectivity index (χ1) is 15.2. The molecule has 0 amide bonds. The van der Waals surface area contributed by atoms with Crippen LogP contribution in [0.2, 0.25) is 13.1 Å². The maximum atomic E-state index is 2.53. The fraction of sp³-hybridized carbons (Fsp3) is 0.0667. The topological polar surface area (TPSA) is 0 Å². The highest BCUT2D eigenvalue weighted by atomic mass is 28.3. The van der Waals surface area contributed by atoms with E-state index in [0.717, 1.165) is 0 Å². The maximum absolute atomic E-state index is 2.53. The Labute approximate surface area is 184 Å². The van der Waals surface area contributed by atoms with Gasteiger partial charge < -0.3 is 0 Å². The van der Waals surface area contributed by atoms with Gasteiger partial charge in [-0.2, -0.15) is 0 Å². The molecule has 0 saturated heterocycles. The van der Waals surface area contributed by atoms with Gasteiger partial charge in [-0.1, -0.05) is 122 Å². The summed E-state index contributed by atoms with van der Waals surface area (Å²) in [6.45, 7) is 5.05. The Kier molecular flexibility index (Phi) is 4.02. The molecule has 0 nitrogen and oxygen atoms in total. The second-order valence-electron chi connectivity index (χ2n) is 8.98. The molecule has 5 aromatic carbocycles. The third-order valence-electron chi connectivity index (χ3n) is 6.83. The molecule has 1 aliphatic rings. The Morgan fingerprint density at radius 2 is 1.16 bits per heavy atom. The highest BCUT2D eigenvalue weighted by molar-refractivity contribution is 7.07. The van der Waals surface area contributed by atoms with Gasteiger partial charge in [0.2, 0.25) is 0 Å². The second-order valence-corrected chi connectivity index (χ2v) is 13.3. The number of benzene rings is 5. The van der Waals surface area contributed by atoms with Crippen LogP contribution in [0.1, 0.15) is 16.7 Å². The van der Waals surface area contributed by atoms with E-state index in [0.29, 0.717) is 0 Å². The van der Waals surface area contributed by atoms with Gasteiger partial charge in [-0.3, -0.25) is 0 Å². The zero-order chi connectivity index (χ0) is 21.0. The molecule has 31 heavy (non-hydrogen) atoms. The highest BCUT2D eigenvalue weighted by Crippen LogP contribution is 2.45. The Morgan fingerprint density at radius 1 is 0.548 bits per heavy atom. The summed E-state index contributed by atoms with van der Waals surface area (Å²) in [6, 6.07) is 40.2. The van der Waals surface area contributed by atoms with Crippen LogP contribution in [-0.2, 0) is 0 Å². The minimum Gasteiger partial charge on any atom is -0.0622 e. The summed E-state index contributed by atoms with van der Waals surface area (Å²) in [5.74, 6) is 0. The molecule has 0 unspecified atom stereocenters. The fourth-order valence-corrected chi connectivity index (χ4v) is 8.93. The van der Waals surface area contributed by atoms with Crippen LogP contribution < -0.4 is 5.19 Å². The summed E-state index contributed by atoms with van der Waals surface area (Å²) in [4.78, 5) is 0. The van der Waals surface area contributed by atoms with Crippen molar-refractivity contribution in [2.45, 2.75) is 13.1 Å². The third kappa shape index (κ3) is 2.67. The number of hydrogen-bond donors (Lipinski definition) is 0. The largest absolute Gasteiger partial charge is 0.114 e. The lowest BCUT2D eigenvalue weighted by Gasteiger charge is -2.37. The summed E-state index contributed by atoms with van der Waals surface area (Å²) >= 11 is 0. The summed E-state index contributed by atoms with van der Waals surface area (Å²) in [6.07, 6.45) is 0. The average molecular weight is 413 g/mol. The van der Waals surface area contributed by atoms with E-state index >= 15 is 0 Å². The second kappa shape index (κ2) is 6.80. The first kappa shape index (κ1) is 18.4. The SMILES string of the molecule is C[Si]1(C)C(c2ccccc2)=C(c2ccccc2)c2cccc3c2c1cc1ccccc13. The van der Waals surface area contributed by atoms with Crippen LogP contribution in [0.25, 0.3) is 32.3 Å². The molecule has 0 fully saturated rings. The highest BCUT2D eigenvalue weighted by Gasteiger charge is 2.38. The van der Waals surface area contributed by atoms with E-state index in [4.69, 9.17) is 0 Å². The number of fused-ring (bicyclic) bond motifs is 2. The van der Waals surface area contributed by atoms with Gasteiger partial charge >= 0.3 is 0 Å². The van der Waals surface area contributed by atoms with Crippen molar-refractivity contribution in [3.8, 4) is 0 Å². The molecule has 1 heterocycles. The molecule has 0 bridgehead atoms. The summed E-state index contributed by atoms with van der Waals surface area (Å²) < 4.78 is 0. The van der Waals surface area contributed by atoms with Gasteiger partial charge in [0, 0.05) is 0 Å². The molecule has 1 aliphatic heterocycles. The number of hydrogen-bond acceptors (Lipinski definition) is 0. The van der Waals surface area contributed by atoms with Crippen molar-refractivity contribution in [3.63, 3.8) is 0 Å². The molecular weight excluding hydrogens is 388 g/mol. The van der Waals surface area contributed by atoms with Crippen LogP contribution in [0.5, 0.6) is 0 Å². The van der Waals surface area contributed by atoms with Crippen molar-refractivity contribution < 1.29 is 0 Å². The summed E-state index contributed by atoms with van der Waals surface area (Å²) in [5.41, 5.74) is 5.45. The van der Waals surface area contributed by atoms with Crippen LogP contribution >= 0.6 is 0 Å². The van der Waals surface area contributed by atoms with Crippen LogP contribution in [-0.4, -0.2) is 8.07 Å². The predicted molar refractivity (Wildman–Crippen MR) is 137 cm³/mol. The molecule has 0 radical (unpaired) electrons. The van der Waals surface area contributed by atoms with Crippen LogP contribution in [0.4, 0.5) is 0 Å². The molecule has 5 aromatic rings. The van der Waals surface area contributed by atoms with Gasteiger partial charge in [-0.05, 0) is 54.2 Å². The summed E-state index contributed by atoms with van der Waals surface area (Å²) in [7, 11) is -2.00. The lowest BCUT2D eigenvalue weighted by atomic mass is 9.89. The predicted octanol–water partition coefficient (Wildman–Crippen LogP) is 7.42. The molecule has 0 N–H and O–H groups in total.